The molecule has 0 saturated carbocycles. The zero-order valence-corrected chi connectivity index (χ0v) is 17.2. The van der Waals surface area contributed by atoms with Crippen molar-refractivity contribution in [3.8, 4) is 5.75 Å². The maximum atomic E-state index is 10.3. The van der Waals surface area contributed by atoms with Crippen molar-refractivity contribution in [2.75, 3.05) is 32.8 Å². The summed E-state index contributed by atoms with van der Waals surface area (Å²) in [7, 11) is 0. The van der Waals surface area contributed by atoms with Gasteiger partial charge < -0.3 is 20.1 Å². The molecule has 1 atom stereocenters. The van der Waals surface area contributed by atoms with Crippen molar-refractivity contribution in [2.24, 2.45) is 0 Å². The fourth-order valence-electron chi connectivity index (χ4n) is 3.58. The second kappa shape index (κ2) is 11.4. The molecule has 4 nitrogen and oxygen atoms in total. The number of likely N-dealkylation sites (tertiary alicyclic amines) is 1. The number of para-hydroxylation sites is 1. The lowest BCUT2D eigenvalue weighted by molar-refractivity contribution is 0.0614. The first-order chi connectivity index (χ1) is 13.7. The molecular formula is C23H31ClN2O2. The molecule has 152 valence electrons. The molecule has 2 aromatic rings. The van der Waals surface area contributed by atoms with Crippen molar-refractivity contribution in [3.63, 3.8) is 0 Å². The topological polar surface area (TPSA) is 44.7 Å². The van der Waals surface area contributed by atoms with E-state index in [0.29, 0.717) is 13.2 Å². The number of nitrogens with zero attached hydrogens (tertiary/aromatic N) is 1. The lowest BCUT2D eigenvalue weighted by Gasteiger charge is -2.28. The summed E-state index contributed by atoms with van der Waals surface area (Å²) in [6, 6.07) is 16.0. The number of hydrogen-bond donors (Lipinski definition) is 2. The number of β-amino-alcohol motifs (C(OH)–C–C–N with tert-alkyl or cyclic N) is 1. The smallest absolute Gasteiger partial charge is 0.123 e. The van der Waals surface area contributed by atoms with Gasteiger partial charge in [-0.25, -0.2) is 0 Å². The van der Waals surface area contributed by atoms with Gasteiger partial charge in [-0.2, -0.15) is 0 Å². The van der Waals surface area contributed by atoms with Crippen molar-refractivity contribution in [2.45, 2.75) is 38.3 Å². The van der Waals surface area contributed by atoms with Crippen molar-refractivity contribution < 1.29 is 9.84 Å². The molecule has 1 aliphatic rings. The molecule has 2 aromatic carbocycles. The first-order valence-electron chi connectivity index (χ1n) is 10.3. The molecule has 0 bridgehead atoms. The van der Waals surface area contributed by atoms with Gasteiger partial charge in [-0.3, -0.25) is 0 Å². The van der Waals surface area contributed by atoms with E-state index in [0.717, 1.165) is 48.9 Å². The van der Waals surface area contributed by atoms with Gasteiger partial charge in [-0.05, 0) is 62.7 Å². The van der Waals surface area contributed by atoms with E-state index in [-0.39, 0.29) is 0 Å². The minimum absolute atomic E-state index is 0.332. The summed E-state index contributed by atoms with van der Waals surface area (Å²) in [4.78, 5) is 2.34. The number of ether oxygens (including phenoxy) is 1. The summed E-state index contributed by atoms with van der Waals surface area (Å²) in [5.41, 5.74) is 2.38. The molecule has 0 unspecified atom stereocenters. The molecule has 0 radical (unpaired) electrons. The van der Waals surface area contributed by atoms with Gasteiger partial charge in [-0.1, -0.05) is 48.4 Å². The number of piperidine rings is 1. The molecular weight excluding hydrogens is 372 g/mol. The highest BCUT2D eigenvalue weighted by molar-refractivity contribution is 6.30. The van der Waals surface area contributed by atoms with Crippen LogP contribution in [0.15, 0.2) is 48.5 Å². The monoisotopic (exact) mass is 402 g/mol. The first kappa shape index (κ1) is 21.1. The number of nitrogens with one attached hydrogen (secondary N) is 1. The Kier molecular flexibility index (Phi) is 8.62. The first-order valence-corrected chi connectivity index (χ1v) is 10.6. The van der Waals surface area contributed by atoms with Crippen LogP contribution >= 0.6 is 11.6 Å². The Balaban J connectivity index is 1.41. The van der Waals surface area contributed by atoms with Gasteiger partial charge in [0.25, 0.3) is 0 Å². The van der Waals surface area contributed by atoms with Crippen LogP contribution in [0.5, 0.6) is 5.75 Å². The van der Waals surface area contributed by atoms with Gasteiger partial charge in [0.2, 0.25) is 0 Å². The summed E-state index contributed by atoms with van der Waals surface area (Å²) >= 11 is 5.93. The van der Waals surface area contributed by atoms with Gasteiger partial charge >= 0.3 is 0 Å². The Morgan fingerprint density at radius 2 is 1.79 bits per heavy atom. The van der Waals surface area contributed by atoms with Crippen LogP contribution < -0.4 is 10.1 Å². The van der Waals surface area contributed by atoms with E-state index in [9.17, 15) is 5.11 Å². The van der Waals surface area contributed by atoms with Crippen LogP contribution in [0, 0.1) is 0 Å². The summed E-state index contributed by atoms with van der Waals surface area (Å²) in [5, 5.41) is 14.6. The molecule has 0 spiro atoms. The third-order valence-corrected chi connectivity index (χ3v) is 5.39. The minimum Gasteiger partial charge on any atom is -0.491 e. The highest BCUT2D eigenvalue weighted by Gasteiger charge is 2.15. The highest BCUT2D eigenvalue weighted by Crippen LogP contribution is 2.18. The molecule has 0 amide bonds. The third-order valence-electron chi connectivity index (χ3n) is 5.14. The van der Waals surface area contributed by atoms with Gasteiger partial charge in [0, 0.05) is 23.7 Å². The van der Waals surface area contributed by atoms with Gasteiger partial charge in [0.05, 0.1) is 0 Å². The number of hydrogen-bond acceptors (Lipinski definition) is 4. The van der Waals surface area contributed by atoms with E-state index in [1.807, 2.05) is 30.3 Å². The van der Waals surface area contributed by atoms with Crippen molar-refractivity contribution >= 4 is 11.6 Å². The molecule has 3 rings (SSSR count). The average Bonchev–Trinajstić information content (AvgIpc) is 2.72. The van der Waals surface area contributed by atoms with Crippen LogP contribution in [0.3, 0.4) is 0 Å². The van der Waals surface area contributed by atoms with Crippen LogP contribution in [-0.4, -0.2) is 48.9 Å². The molecule has 5 heteroatoms. The maximum Gasteiger partial charge on any atom is 0.123 e. The molecule has 1 heterocycles. The Morgan fingerprint density at radius 3 is 2.57 bits per heavy atom. The lowest BCUT2D eigenvalue weighted by Crippen LogP contribution is -2.38. The zero-order chi connectivity index (χ0) is 19.6. The fraction of sp³-hybridized carbons (Fsp3) is 0.478. The van der Waals surface area contributed by atoms with E-state index in [4.69, 9.17) is 16.3 Å². The predicted molar refractivity (Wildman–Crippen MR) is 115 cm³/mol. The van der Waals surface area contributed by atoms with Gasteiger partial charge in [0.1, 0.15) is 18.5 Å². The average molecular weight is 403 g/mol. The quantitative estimate of drug-likeness (QED) is 0.591. The van der Waals surface area contributed by atoms with Gasteiger partial charge in [-0.15, -0.1) is 0 Å². The van der Waals surface area contributed by atoms with Crippen LogP contribution in [-0.2, 0) is 13.0 Å². The summed E-state index contributed by atoms with van der Waals surface area (Å²) in [6.07, 6.45) is 4.27. The van der Waals surface area contributed by atoms with E-state index in [2.05, 4.69) is 28.4 Å². The van der Waals surface area contributed by atoms with E-state index < -0.39 is 6.10 Å². The minimum atomic E-state index is -0.455. The number of benzene rings is 2. The largest absolute Gasteiger partial charge is 0.491 e. The zero-order valence-electron chi connectivity index (χ0n) is 16.4. The Bertz CT molecular complexity index is 702. The van der Waals surface area contributed by atoms with E-state index >= 15 is 0 Å². The molecule has 28 heavy (non-hydrogen) atoms. The molecule has 1 saturated heterocycles. The Morgan fingerprint density at radius 1 is 1.04 bits per heavy atom. The van der Waals surface area contributed by atoms with Crippen molar-refractivity contribution in [1.29, 1.82) is 0 Å². The van der Waals surface area contributed by atoms with E-state index in [1.54, 1.807) is 0 Å². The number of aliphatic hydroxyl groups excluding tert-OH is 1. The van der Waals surface area contributed by atoms with Crippen LogP contribution in [0.4, 0.5) is 0 Å². The second-order valence-corrected chi connectivity index (χ2v) is 7.92. The Labute approximate surface area is 173 Å². The lowest BCUT2D eigenvalue weighted by atomic mass is 10.1. The Hall–Kier alpha value is -1.59. The SMILES string of the molecule is O[C@@H](COc1ccccc1CNCCc1ccc(Cl)cc1)CN1CCCCC1. The summed E-state index contributed by atoms with van der Waals surface area (Å²) in [5.74, 6) is 0.846. The van der Waals surface area contributed by atoms with Crippen LogP contribution in [0.25, 0.3) is 0 Å². The molecule has 0 aliphatic carbocycles. The van der Waals surface area contributed by atoms with Crippen LogP contribution in [0.1, 0.15) is 30.4 Å². The van der Waals surface area contributed by atoms with Crippen molar-refractivity contribution in [1.82, 2.24) is 10.2 Å². The number of halogens is 1. The maximum absolute atomic E-state index is 10.3. The molecule has 0 aromatic heterocycles. The summed E-state index contributed by atoms with van der Waals surface area (Å²) < 4.78 is 5.94. The number of rotatable bonds is 10. The standard InChI is InChI=1S/C23H31ClN2O2/c24-21-10-8-19(9-11-21)12-13-25-16-20-6-2-3-7-23(20)28-18-22(27)17-26-14-4-1-5-15-26/h2-3,6-11,22,25,27H,1,4-5,12-18H2/t22-/m1/s1. The normalized spacial score (nSPS) is 16.1. The summed E-state index contributed by atoms with van der Waals surface area (Å²) in [6.45, 7) is 4.83. The highest BCUT2D eigenvalue weighted by atomic mass is 35.5. The predicted octanol–water partition coefficient (Wildman–Crippen LogP) is 3.90. The van der Waals surface area contributed by atoms with E-state index in [1.165, 1.54) is 24.8 Å². The molecule has 1 aliphatic heterocycles. The van der Waals surface area contributed by atoms with Crippen LogP contribution in [0.2, 0.25) is 5.02 Å². The molecule has 2 N–H and O–H groups in total. The molecule has 1 fully saturated rings. The van der Waals surface area contributed by atoms with Crippen molar-refractivity contribution in [3.05, 3.63) is 64.7 Å². The second-order valence-electron chi connectivity index (χ2n) is 7.49. The third kappa shape index (κ3) is 7.10. The fourth-order valence-corrected chi connectivity index (χ4v) is 3.70. The number of aliphatic hydroxyl groups is 1. The van der Waals surface area contributed by atoms with Gasteiger partial charge in [0.15, 0.2) is 0 Å².